The molecular formula is C14H11FN2S. The van der Waals surface area contributed by atoms with Gasteiger partial charge in [0, 0.05) is 5.69 Å². The van der Waals surface area contributed by atoms with Crippen molar-refractivity contribution in [2.75, 3.05) is 5.32 Å². The Balaban J connectivity index is 1.92. The smallest absolute Gasteiger partial charge is 0.188 e. The highest BCUT2D eigenvalue weighted by molar-refractivity contribution is 7.22. The lowest BCUT2D eigenvalue weighted by Gasteiger charge is -2.00. The summed E-state index contributed by atoms with van der Waals surface area (Å²) in [6.45, 7) is 2.05. The van der Waals surface area contributed by atoms with Gasteiger partial charge in [0.1, 0.15) is 5.82 Å². The third-order valence-corrected chi connectivity index (χ3v) is 3.59. The molecule has 0 atom stereocenters. The van der Waals surface area contributed by atoms with E-state index in [1.807, 2.05) is 6.92 Å². The van der Waals surface area contributed by atoms with Crippen LogP contribution in [0.3, 0.4) is 0 Å². The summed E-state index contributed by atoms with van der Waals surface area (Å²) in [5, 5.41) is 4.00. The Morgan fingerprint density at radius 2 is 1.89 bits per heavy atom. The SMILES string of the molecule is Cc1ccc2sc(Nc3ccc(F)cc3)nc2c1. The molecule has 3 aromatic rings. The van der Waals surface area contributed by atoms with Crippen LogP contribution in [0, 0.1) is 12.7 Å². The summed E-state index contributed by atoms with van der Waals surface area (Å²) in [7, 11) is 0. The van der Waals surface area contributed by atoms with Gasteiger partial charge in [0.2, 0.25) is 0 Å². The second kappa shape index (κ2) is 4.38. The number of thiazole rings is 1. The fourth-order valence-corrected chi connectivity index (χ4v) is 2.61. The van der Waals surface area contributed by atoms with Gasteiger partial charge in [-0.3, -0.25) is 0 Å². The average molecular weight is 258 g/mol. The van der Waals surface area contributed by atoms with Crippen molar-refractivity contribution < 1.29 is 4.39 Å². The predicted octanol–water partition coefficient (Wildman–Crippen LogP) is 4.49. The maximum Gasteiger partial charge on any atom is 0.188 e. The number of aryl methyl sites for hydroxylation is 1. The first-order valence-corrected chi connectivity index (χ1v) is 6.42. The van der Waals surface area contributed by atoms with E-state index in [2.05, 4.69) is 28.5 Å². The van der Waals surface area contributed by atoms with Gasteiger partial charge in [-0.05, 0) is 48.9 Å². The molecule has 18 heavy (non-hydrogen) atoms. The Bertz CT molecular complexity index is 689. The normalized spacial score (nSPS) is 10.8. The number of benzene rings is 2. The maximum absolute atomic E-state index is 12.8. The molecule has 3 rings (SSSR count). The number of aromatic nitrogens is 1. The van der Waals surface area contributed by atoms with Crippen LogP contribution in [0.5, 0.6) is 0 Å². The molecule has 0 saturated carbocycles. The summed E-state index contributed by atoms with van der Waals surface area (Å²) in [6.07, 6.45) is 0. The molecule has 2 nitrogen and oxygen atoms in total. The second-order valence-corrected chi connectivity index (χ2v) is 5.15. The number of nitrogens with zero attached hydrogens (tertiary/aromatic N) is 1. The van der Waals surface area contributed by atoms with Gasteiger partial charge in [-0.2, -0.15) is 0 Å². The second-order valence-electron chi connectivity index (χ2n) is 4.12. The molecule has 0 radical (unpaired) electrons. The molecule has 0 aliphatic heterocycles. The van der Waals surface area contributed by atoms with Gasteiger partial charge in [0.25, 0.3) is 0 Å². The molecule has 90 valence electrons. The van der Waals surface area contributed by atoms with E-state index >= 15 is 0 Å². The van der Waals surface area contributed by atoms with Gasteiger partial charge >= 0.3 is 0 Å². The molecular weight excluding hydrogens is 247 g/mol. The van der Waals surface area contributed by atoms with Gasteiger partial charge in [0.05, 0.1) is 10.2 Å². The third-order valence-electron chi connectivity index (χ3n) is 2.64. The average Bonchev–Trinajstić information content (AvgIpc) is 2.73. The fraction of sp³-hybridized carbons (Fsp3) is 0.0714. The van der Waals surface area contributed by atoms with E-state index in [1.54, 1.807) is 23.5 Å². The van der Waals surface area contributed by atoms with Crippen molar-refractivity contribution in [2.45, 2.75) is 6.92 Å². The van der Waals surface area contributed by atoms with Gasteiger partial charge in [-0.25, -0.2) is 9.37 Å². The highest BCUT2D eigenvalue weighted by Gasteiger charge is 2.04. The molecule has 0 aliphatic carbocycles. The highest BCUT2D eigenvalue weighted by atomic mass is 32.1. The van der Waals surface area contributed by atoms with E-state index < -0.39 is 0 Å². The minimum atomic E-state index is -0.236. The zero-order chi connectivity index (χ0) is 12.5. The van der Waals surface area contributed by atoms with E-state index in [0.717, 1.165) is 21.0 Å². The molecule has 4 heteroatoms. The minimum Gasteiger partial charge on any atom is -0.332 e. The molecule has 1 heterocycles. The van der Waals surface area contributed by atoms with Gasteiger partial charge in [-0.15, -0.1) is 0 Å². The summed E-state index contributed by atoms with van der Waals surface area (Å²) in [6, 6.07) is 12.5. The maximum atomic E-state index is 12.8. The molecule has 1 N–H and O–H groups in total. The molecule has 0 saturated heterocycles. The topological polar surface area (TPSA) is 24.9 Å². The lowest BCUT2D eigenvalue weighted by Crippen LogP contribution is -1.88. The molecule has 0 unspecified atom stereocenters. The molecule has 0 aliphatic rings. The quantitative estimate of drug-likeness (QED) is 0.732. The Hall–Kier alpha value is -1.94. The van der Waals surface area contributed by atoms with Crippen LogP contribution in [-0.2, 0) is 0 Å². The van der Waals surface area contributed by atoms with Crippen LogP contribution in [0.15, 0.2) is 42.5 Å². The standard InChI is InChI=1S/C14H11FN2S/c1-9-2-7-13-12(8-9)17-14(18-13)16-11-5-3-10(15)4-6-11/h2-8H,1H3,(H,16,17). The van der Waals surface area contributed by atoms with Crippen LogP contribution >= 0.6 is 11.3 Å². The highest BCUT2D eigenvalue weighted by Crippen LogP contribution is 2.28. The summed E-state index contributed by atoms with van der Waals surface area (Å²) in [4.78, 5) is 4.50. The number of hydrogen-bond acceptors (Lipinski definition) is 3. The molecule has 0 fully saturated rings. The monoisotopic (exact) mass is 258 g/mol. The summed E-state index contributed by atoms with van der Waals surface area (Å²) < 4.78 is 13.9. The van der Waals surface area contributed by atoms with Crippen molar-refractivity contribution >= 4 is 32.4 Å². The number of rotatable bonds is 2. The van der Waals surface area contributed by atoms with E-state index in [9.17, 15) is 4.39 Å². The van der Waals surface area contributed by atoms with Crippen molar-refractivity contribution in [3.8, 4) is 0 Å². The fourth-order valence-electron chi connectivity index (χ4n) is 1.75. The molecule has 0 spiro atoms. The van der Waals surface area contributed by atoms with E-state index in [-0.39, 0.29) is 5.82 Å². The van der Waals surface area contributed by atoms with Crippen LogP contribution in [-0.4, -0.2) is 4.98 Å². The zero-order valence-corrected chi connectivity index (χ0v) is 10.6. The van der Waals surface area contributed by atoms with Crippen molar-refractivity contribution in [1.82, 2.24) is 4.98 Å². The number of hydrogen-bond donors (Lipinski definition) is 1. The van der Waals surface area contributed by atoms with Crippen molar-refractivity contribution in [2.24, 2.45) is 0 Å². The Morgan fingerprint density at radius 3 is 2.67 bits per heavy atom. The van der Waals surface area contributed by atoms with Gasteiger partial charge < -0.3 is 5.32 Å². The Labute approximate surface area is 108 Å². The first-order valence-electron chi connectivity index (χ1n) is 5.60. The lowest BCUT2D eigenvalue weighted by atomic mass is 10.2. The third kappa shape index (κ3) is 2.19. The van der Waals surface area contributed by atoms with E-state index in [1.165, 1.54) is 17.7 Å². The number of nitrogens with one attached hydrogen (secondary N) is 1. The van der Waals surface area contributed by atoms with E-state index in [4.69, 9.17) is 0 Å². The molecule has 1 aromatic heterocycles. The molecule has 2 aromatic carbocycles. The largest absolute Gasteiger partial charge is 0.332 e. The van der Waals surface area contributed by atoms with Crippen LogP contribution in [0.2, 0.25) is 0 Å². The Morgan fingerprint density at radius 1 is 1.11 bits per heavy atom. The van der Waals surface area contributed by atoms with E-state index in [0.29, 0.717) is 0 Å². The van der Waals surface area contributed by atoms with Crippen LogP contribution < -0.4 is 5.32 Å². The predicted molar refractivity (Wildman–Crippen MR) is 74.0 cm³/mol. The number of fused-ring (bicyclic) bond motifs is 1. The molecule has 0 bridgehead atoms. The van der Waals surface area contributed by atoms with Gasteiger partial charge in [0.15, 0.2) is 5.13 Å². The summed E-state index contributed by atoms with van der Waals surface area (Å²) >= 11 is 1.59. The van der Waals surface area contributed by atoms with Crippen LogP contribution in [0.4, 0.5) is 15.2 Å². The van der Waals surface area contributed by atoms with Gasteiger partial charge in [-0.1, -0.05) is 17.4 Å². The minimum absolute atomic E-state index is 0.236. The molecule has 0 amide bonds. The van der Waals surface area contributed by atoms with Crippen LogP contribution in [0.1, 0.15) is 5.56 Å². The summed E-state index contributed by atoms with van der Waals surface area (Å²) in [5.41, 5.74) is 3.03. The van der Waals surface area contributed by atoms with Crippen molar-refractivity contribution in [3.05, 3.63) is 53.8 Å². The first-order chi connectivity index (χ1) is 8.70. The Kier molecular flexibility index (Phi) is 2.72. The van der Waals surface area contributed by atoms with Crippen LogP contribution in [0.25, 0.3) is 10.2 Å². The number of halogens is 1. The lowest BCUT2D eigenvalue weighted by molar-refractivity contribution is 0.628. The number of anilines is 2. The van der Waals surface area contributed by atoms with Crippen molar-refractivity contribution in [1.29, 1.82) is 0 Å². The first kappa shape index (κ1) is 11.2. The van der Waals surface area contributed by atoms with Crippen molar-refractivity contribution in [3.63, 3.8) is 0 Å². The summed E-state index contributed by atoms with van der Waals surface area (Å²) in [5.74, 6) is -0.236. The zero-order valence-electron chi connectivity index (χ0n) is 9.77.